The number of aliphatic carboxylic acids is 1. The van der Waals surface area contributed by atoms with Gasteiger partial charge in [-0.25, -0.2) is 4.79 Å². The lowest BCUT2D eigenvalue weighted by Gasteiger charge is -2.18. The van der Waals surface area contributed by atoms with E-state index < -0.39 is 17.9 Å². The molecule has 0 bridgehead atoms. The molecule has 5 nitrogen and oxygen atoms in total. The molecule has 1 amide bonds. The van der Waals surface area contributed by atoms with Gasteiger partial charge in [-0.15, -0.1) is 0 Å². The summed E-state index contributed by atoms with van der Waals surface area (Å²) in [5.41, 5.74) is 2.83. The van der Waals surface area contributed by atoms with E-state index in [1.807, 2.05) is 26.8 Å². The van der Waals surface area contributed by atoms with Gasteiger partial charge in [-0.2, -0.15) is 0 Å². The van der Waals surface area contributed by atoms with Crippen LogP contribution in [0, 0.1) is 13.8 Å². The Morgan fingerprint density at radius 2 is 2.00 bits per heavy atom. The minimum absolute atomic E-state index is 0.392. The summed E-state index contributed by atoms with van der Waals surface area (Å²) in [7, 11) is 0. The third kappa shape index (κ3) is 3.62. The SMILES string of the molecule is CCCc1occc1C(=O)NC(C(=O)O)c1cccc(C)c1C. The average molecular weight is 315 g/mol. The Kier molecular flexibility index (Phi) is 5.21. The summed E-state index contributed by atoms with van der Waals surface area (Å²) in [6, 6.07) is 5.91. The molecule has 0 aliphatic heterocycles. The van der Waals surface area contributed by atoms with E-state index >= 15 is 0 Å². The van der Waals surface area contributed by atoms with Crippen LogP contribution in [-0.4, -0.2) is 17.0 Å². The molecular weight excluding hydrogens is 294 g/mol. The maximum Gasteiger partial charge on any atom is 0.330 e. The Morgan fingerprint density at radius 1 is 1.26 bits per heavy atom. The lowest BCUT2D eigenvalue weighted by atomic mass is 9.97. The Hall–Kier alpha value is -2.56. The molecule has 0 saturated carbocycles. The van der Waals surface area contributed by atoms with Crippen LogP contribution in [0.3, 0.4) is 0 Å². The van der Waals surface area contributed by atoms with Crippen LogP contribution in [0.4, 0.5) is 0 Å². The van der Waals surface area contributed by atoms with Gasteiger partial charge in [-0.1, -0.05) is 25.1 Å². The van der Waals surface area contributed by atoms with Crippen LogP contribution < -0.4 is 5.32 Å². The van der Waals surface area contributed by atoms with Gasteiger partial charge in [0.1, 0.15) is 5.76 Å². The van der Waals surface area contributed by atoms with Crippen LogP contribution in [0.25, 0.3) is 0 Å². The van der Waals surface area contributed by atoms with E-state index in [0.29, 0.717) is 23.3 Å². The van der Waals surface area contributed by atoms with E-state index in [4.69, 9.17) is 4.42 Å². The first-order valence-corrected chi connectivity index (χ1v) is 7.61. The number of aryl methyl sites for hydroxylation is 2. The highest BCUT2D eigenvalue weighted by Crippen LogP contribution is 2.22. The number of furan rings is 1. The molecule has 2 aromatic rings. The number of hydrogen-bond donors (Lipinski definition) is 2. The monoisotopic (exact) mass is 315 g/mol. The molecule has 0 saturated heterocycles. The molecule has 1 heterocycles. The van der Waals surface area contributed by atoms with Crippen molar-refractivity contribution in [1.82, 2.24) is 5.32 Å². The van der Waals surface area contributed by atoms with Crippen molar-refractivity contribution >= 4 is 11.9 Å². The zero-order valence-electron chi connectivity index (χ0n) is 13.6. The highest BCUT2D eigenvalue weighted by Gasteiger charge is 2.26. The number of carboxylic acid groups (broad SMARTS) is 1. The highest BCUT2D eigenvalue weighted by molar-refractivity contribution is 5.97. The maximum absolute atomic E-state index is 12.5. The second-order valence-electron chi connectivity index (χ2n) is 5.54. The van der Waals surface area contributed by atoms with Crippen molar-refractivity contribution in [2.24, 2.45) is 0 Å². The van der Waals surface area contributed by atoms with Crippen molar-refractivity contribution in [2.75, 3.05) is 0 Å². The minimum atomic E-state index is -1.09. The molecule has 122 valence electrons. The normalized spacial score (nSPS) is 12.0. The van der Waals surface area contributed by atoms with Gasteiger partial charge in [0.25, 0.3) is 5.91 Å². The van der Waals surface area contributed by atoms with Crippen LogP contribution >= 0.6 is 0 Å². The first-order valence-electron chi connectivity index (χ1n) is 7.61. The number of nitrogens with one attached hydrogen (secondary N) is 1. The van der Waals surface area contributed by atoms with Crippen LogP contribution in [0.5, 0.6) is 0 Å². The number of carboxylic acids is 1. The number of carbonyl (C=O) groups is 2. The molecule has 0 spiro atoms. The molecule has 0 aliphatic rings. The van der Waals surface area contributed by atoms with Gasteiger partial charge in [0.05, 0.1) is 11.8 Å². The molecule has 2 N–H and O–H groups in total. The Balaban J connectivity index is 2.29. The summed E-state index contributed by atoms with van der Waals surface area (Å²) in [5.74, 6) is -0.946. The van der Waals surface area contributed by atoms with Gasteiger partial charge in [0, 0.05) is 6.42 Å². The topological polar surface area (TPSA) is 79.5 Å². The molecule has 0 aliphatic carbocycles. The van der Waals surface area contributed by atoms with Crippen molar-refractivity contribution in [3.8, 4) is 0 Å². The first kappa shape index (κ1) is 16.8. The smallest absolute Gasteiger partial charge is 0.330 e. The number of benzene rings is 1. The lowest BCUT2D eigenvalue weighted by molar-refractivity contribution is -0.139. The Labute approximate surface area is 135 Å². The second-order valence-corrected chi connectivity index (χ2v) is 5.54. The fourth-order valence-corrected chi connectivity index (χ4v) is 2.53. The zero-order chi connectivity index (χ0) is 17.0. The molecular formula is C18H21NO4. The van der Waals surface area contributed by atoms with E-state index in [2.05, 4.69) is 5.32 Å². The summed E-state index contributed by atoms with van der Waals surface area (Å²) >= 11 is 0. The van der Waals surface area contributed by atoms with Gasteiger partial charge < -0.3 is 14.8 Å². The molecule has 0 radical (unpaired) electrons. The van der Waals surface area contributed by atoms with E-state index in [0.717, 1.165) is 17.5 Å². The maximum atomic E-state index is 12.5. The number of hydrogen-bond acceptors (Lipinski definition) is 3. The van der Waals surface area contributed by atoms with Gasteiger partial charge >= 0.3 is 5.97 Å². The van der Waals surface area contributed by atoms with Crippen molar-refractivity contribution in [3.63, 3.8) is 0 Å². The highest BCUT2D eigenvalue weighted by atomic mass is 16.4. The van der Waals surface area contributed by atoms with Gasteiger partial charge in [0.15, 0.2) is 6.04 Å². The predicted octanol–water partition coefficient (Wildman–Crippen LogP) is 3.40. The molecule has 1 unspecified atom stereocenters. The Bertz CT molecular complexity index is 718. The summed E-state index contributed by atoms with van der Waals surface area (Å²) in [5, 5.41) is 12.1. The van der Waals surface area contributed by atoms with Gasteiger partial charge in [0.2, 0.25) is 0 Å². The third-order valence-electron chi connectivity index (χ3n) is 3.95. The molecule has 5 heteroatoms. The van der Waals surface area contributed by atoms with Gasteiger partial charge in [-0.05, 0) is 43.0 Å². The van der Waals surface area contributed by atoms with E-state index in [-0.39, 0.29) is 0 Å². The predicted molar refractivity (Wildman–Crippen MR) is 86.5 cm³/mol. The summed E-state index contributed by atoms with van der Waals surface area (Å²) < 4.78 is 5.31. The minimum Gasteiger partial charge on any atom is -0.479 e. The summed E-state index contributed by atoms with van der Waals surface area (Å²) in [6.45, 7) is 5.75. The zero-order valence-corrected chi connectivity index (χ0v) is 13.6. The quantitative estimate of drug-likeness (QED) is 0.856. The fraction of sp³-hybridized carbons (Fsp3) is 0.333. The van der Waals surface area contributed by atoms with Crippen LogP contribution in [-0.2, 0) is 11.2 Å². The standard InChI is InChI=1S/C18H21NO4/c1-4-6-15-14(9-10-23-15)17(20)19-16(18(21)22)13-8-5-7-11(2)12(13)3/h5,7-10,16H,4,6H2,1-3H3,(H,19,20)(H,21,22). The summed E-state index contributed by atoms with van der Waals surface area (Å²) in [6.07, 6.45) is 2.93. The third-order valence-corrected chi connectivity index (χ3v) is 3.95. The molecule has 1 aromatic carbocycles. The van der Waals surface area contributed by atoms with E-state index in [1.165, 1.54) is 6.26 Å². The van der Waals surface area contributed by atoms with Crippen molar-refractivity contribution in [2.45, 2.75) is 39.7 Å². The summed E-state index contributed by atoms with van der Waals surface area (Å²) in [4.78, 5) is 24.1. The molecule has 0 fully saturated rings. The Morgan fingerprint density at radius 3 is 2.65 bits per heavy atom. The molecule has 1 atom stereocenters. The van der Waals surface area contributed by atoms with Crippen molar-refractivity contribution in [3.05, 3.63) is 58.5 Å². The van der Waals surface area contributed by atoms with E-state index in [1.54, 1.807) is 18.2 Å². The lowest BCUT2D eigenvalue weighted by Crippen LogP contribution is -2.34. The average Bonchev–Trinajstić information content (AvgIpc) is 2.96. The van der Waals surface area contributed by atoms with Crippen molar-refractivity contribution in [1.29, 1.82) is 0 Å². The number of rotatable bonds is 6. The largest absolute Gasteiger partial charge is 0.479 e. The van der Waals surface area contributed by atoms with Crippen LogP contribution in [0.2, 0.25) is 0 Å². The molecule has 1 aromatic heterocycles. The first-order chi connectivity index (χ1) is 11.0. The van der Waals surface area contributed by atoms with E-state index in [9.17, 15) is 14.7 Å². The second kappa shape index (κ2) is 7.13. The van der Waals surface area contributed by atoms with Crippen LogP contribution in [0.1, 0.15) is 52.2 Å². The number of carbonyl (C=O) groups excluding carboxylic acids is 1. The molecule has 23 heavy (non-hydrogen) atoms. The van der Waals surface area contributed by atoms with Crippen LogP contribution in [0.15, 0.2) is 34.9 Å². The molecule has 2 rings (SSSR count). The fourth-order valence-electron chi connectivity index (χ4n) is 2.53. The number of amides is 1. The van der Waals surface area contributed by atoms with Gasteiger partial charge in [-0.3, -0.25) is 4.79 Å². The van der Waals surface area contributed by atoms with Crippen molar-refractivity contribution < 1.29 is 19.1 Å².